The summed E-state index contributed by atoms with van der Waals surface area (Å²) in [7, 11) is 0. The SMILES string of the molecule is CCC[C@H]1CN(c2ccccc2)C(=O)[C@H]1CC(=O)Nc1ccccc1. The maximum absolute atomic E-state index is 12.9. The number of hydrogen-bond acceptors (Lipinski definition) is 2. The number of anilines is 2. The van der Waals surface area contributed by atoms with Gasteiger partial charge in [0.05, 0.1) is 5.92 Å². The molecule has 25 heavy (non-hydrogen) atoms. The molecule has 0 unspecified atom stereocenters. The number of amides is 2. The molecular formula is C21H24N2O2. The van der Waals surface area contributed by atoms with Gasteiger partial charge in [-0.15, -0.1) is 0 Å². The molecule has 1 fully saturated rings. The molecule has 4 heteroatoms. The van der Waals surface area contributed by atoms with Gasteiger partial charge in [-0.2, -0.15) is 0 Å². The van der Waals surface area contributed by atoms with Gasteiger partial charge in [-0.25, -0.2) is 0 Å². The number of nitrogens with one attached hydrogen (secondary N) is 1. The first-order valence-corrected chi connectivity index (χ1v) is 8.90. The van der Waals surface area contributed by atoms with Gasteiger partial charge in [0.15, 0.2) is 0 Å². The summed E-state index contributed by atoms with van der Waals surface area (Å²) in [4.78, 5) is 27.2. The van der Waals surface area contributed by atoms with Crippen LogP contribution in [0.3, 0.4) is 0 Å². The van der Waals surface area contributed by atoms with E-state index in [1.54, 1.807) is 0 Å². The van der Waals surface area contributed by atoms with Crippen molar-refractivity contribution >= 4 is 23.2 Å². The number of carbonyl (C=O) groups excluding carboxylic acids is 2. The smallest absolute Gasteiger partial charge is 0.230 e. The largest absolute Gasteiger partial charge is 0.326 e. The van der Waals surface area contributed by atoms with Gasteiger partial charge in [0.25, 0.3) is 0 Å². The molecule has 0 aliphatic carbocycles. The Hall–Kier alpha value is -2.62. The van der Waals surface area contributed by atoms with Gasteiger partial charge >= 0.3 is 0 Å². The Morgan fingerprint density at radius 3 is 2.36 bits per heavy atom. The number of rotatable bonds is 6. The molecule has 1 heterocycles. The van der Waals surface area contributed by atoms with Crippen LogP contribution in [-0.2, 0) is 9.59 Å². The van der Waals surface area contributed by atoms with E-state index in [0.29, 0.717) is 6.54 Å². The number of para-hydroxylation sites is 2. The van der Waals surface area contributed by atoms with E-state index in [-0.39, 0.29) is 30.1 Å². The molecule has 0 aromatic heterocycles. The van der Waals surface area contributed by atoms with Crippen LogP contribution < -0.4 is 10.2 Å². The highest BCUT2D eigenvalue weighted by molar-refractivity contribution is 6.01. The lowest BCUT2D eigenvalue weighted by Crippen LogP contribution is -2.29. The minimum absolute atomic E-state index is 0.0628. The molecule has 2 aromatic carbocycles. The summed E-state index contributed by atoms with van der Waals surface area (Å²) in [5.41, 5.74) is 1.68. The fourth-order valence-electron chi connectivity index (χ4n) is 3.54. The Kier molecular flexibility index (Phi) is 5.49. The van der Waals surface area contributed by atoms with Crippen LogP contribution in [-0.4, -0.2) is 18.4 Å². The van der Waals surface area contributed by atoms with Crippen LogP contribution in [0.5, 0.6) is 0 Å². The lowest BCUT2D eigenvalue weighted by molar-refractivity contribution is -0.125. The fraction of sp³-hybridized carbons (Fsp3) is 0.333. The number of hydrogen-bond donors (Lipinski definition) is 1. The molecule has 1 aliphatic heterocycles. The molecule has 4 nitrogen and oxygen atoms in total. The van der Waals surface area contributed by atoms with Crippen molar-refractivity contribution in [1.82, 2.24) is 0 Å². The first kappa shape index (κ1) is 17.2. The minimum Gasteiger partial charge on any atom is -0.326 e. The second kappa shape index (κ2) is 7.97. The maximum Gasteiger partial charge on any atom is 0.230 e. The summed E-state index contributed by atoms with van der Waals surface area (Å²) in [6, 6.07) is 19.1. The zero-order chi connectivity index (χ0) is 17.6. The third kappa shape index (κ3) is 4.08. The predicted molar refractivity (Wildman–Crippen MR) is 100 cm³/mol. The maximum atomic E-state index is 12.9. The first-order chi connectivity index (χ1) is 12.2. The Morgan fingerprint density at radius 2 is 1.72 bits per heavy atom. The third-order valence-electron chi connectivity index (χ3n) is 4.76. The lowest BCUT2D eigenvalue weighted by atomic mass is 9.88. The van der Waals surface area contributed by atoms with Crippen molar-refractivity contribution in [2.75, 3.05) is 16.8 Å². The predicted octanol–water partition coefficient (Wildman–Crippen LogP) is 4.09. The molecule has 0 bridgehead atoms. The molecule has 2 atom stereocenters. The average Bonchev–Trinajstić information content (AvgIpc) is 2.93. The summed E-state index contributed by atoms with van der Waals surface area (Å²) in [6.07, 6.45) is 2.21. The highest BCUT2D eigenvalue weighted by Crippen LogP contribution is 2.34. The average molecular weight is 336 g/mol. The molecule has 0 saturated carbocycles. The highest BCUT2D eigenvalue weighted by atomic mass is 16.2. The van der Waals surface area contributed by atoms with Gasteiger partial charge in [-0.3, -0.25) is 9.59 Å². The van der Waals surface area contributed by atoms with Gasteiger partial charge in [-0.1, -0.05) is 49.7 Å². The zero-order valence-electron chi connectivity index (χ0n) is 14.5. The Morgan fingerprint density at radius 1 is 1.08 bits per heavy atom. The second-order valence-electron chi connectivity index (χ2n) is 6.56. The van der Waals surface area contributed by atoms with E-state index in [1.165, 1.54) is 0 Å². The zero-order valence-corrected chi connectivity index (χ0v) is 14.5. The van der Waals surface area contributed by atoms with E-state index >= 15 is 0 Å². The van der Waals surface area contributed by atoms with Crippen molar-refractivity contribution < 1.29 is 9.59 Å². The van der Waals surface area contributed by atoms with Crippen molar-refractivity contribution in [2.45, 2.75) is 26.2 Å². The Balaban J connectivity index is 1.71. The molecule has 0 radical (unpaired) electrons. The molecule has 130 valence electrons. The van der Waals surface area contributed by atoms with Crippen LogP contribution >= 0.6 is 0 Å². The second-order valence-corrected chi connectivity index (χ2v) is 6.56. The van der Waals surface area contributed by atoms with E-state index in [0.717, 1.165) is 24.2 Å². The van der Waals surface area contributed by atoms with E-state index in [9.17, 15) is 9.59 Å². The topological polar surface area (TPSA) is 49.4 Å². The van der Waals surface area contributed by atoms with Gasteiger partial charge in [0, 0.05) is 24.3 Å². The van der Waals surface area contributed by atoms with Crippen molar-refractivity contribution in [3.63, 3.8) is 0 Å². The fourth-order valence-corrected chi connectivity index (χ4v) is 3.54. The van der Waals surface area contributed by atoms with Crippen molar-refractivity contribution in [2.24, 2.45) is 11.8 Å². The van der Waals surface area contributed by atoms with Crippen LogP contribution in [0.25, 0.3) is 0 Å². The van der Waals surface area contributed by atoms with E-state index < -0.39 is 0 Å². The summed E-state index contributed by atoms with van der Waals surface area (Å²) >= 11 is 0. The highest BCUT2D eigenvalue weighted by Gasteiger charge is 2.41. The number of benzene rings is 2. The summed E-state index contributed by atoms with van der Waals surface area (Å²) in [6.45, 7) is 2.82. The quantitative estimate of drug-likeness (QED) is 0.863. The van der Waals surface area contributed by atoms with Crippen molar-refractivity contribution in [3.05, 3.63) is 60.7 Å². The van der Waals surface area contributed by atoms with E-state index in [4.69, 9.17) is 0 Å². The molecule has 1 saturated heterocycles. The van der Waals surface area contributed by atoms with Crippen LogP contribution in [0.4, 0.5) is 11.4 Å². The van der Waals surface area contributed by atoms with Crippen LogP contribution in [0.15, 0.2) is 60.7 Å². The molecule has 2 amide bonds. The molecule has 0 spiro atoms. The normalized spacial score (nSPS) is 19.9. The van der Waals surface area contributed by atoms with Crippen LogP contribution in [0, 0.1) is 11.8 Å². The van der Waals surface area contributed by atoms with Gasteiger partial charge in [0.1, 0.15) is 0 Å². The van der Waals surface area contributed by atoms with Gasteiger partial charge < -0.3 is 10.2 Å². The molecule has 1 aliphatic rings. The lowest BCUT2D eigenvalue weighted by Gasteiger charge is -2.16. The Labute approximate surface area is 148 Å². The molecule has 1 N–H and O–H groups in total. The third-order valence-corrected chi connectivity index (χ3v) is 4.76. The molecule has 3 rings (SSSR count). The summed E-state index contributed by atoms with van der Waals surface area (Å²) in [5, 5.41) is 2.90. The van der Waals surface area contributed by atoms with E-state index in [2.05, 4.69) is 12.2 Å². The summed E-state index contributed by atoms with van der Waals surface area (Å²) in [5.74, 6) is -0.0588. The minimum atomic E-state index is -0.246. The standard InChI is InChI=1S/C21H24N2O2/c1-2-9-16-15-23(18-12-7-4-8-13-18)21(25)19(16)14-20(24)22-17-10-5-3-6-11-17/h3-8,10-13,16,19H,2,9,14-15H2,1H3,(H,22,24)/t16-,19-/m0/s1. The number of carbonyl (C=O) groups is 2. The van der Waals surface area contributed by atoms with E-state index in [1.807, 2.05) is 65.6 Å². The number of nitrogens with zero attached hydrogens (tertiary/aromatic N) is 1. The first-order valence-electron chi connectivity index (χ1n) is 8.90. The molecular weight excluding hydrogens is 312 g/mol. The van der Waals surface area contributed by atoms with Crippen LogP contribution in [0.2, 0.25) is 0 Å². The van der Waals surface area contributed by atoms with Crippen molar-refractivity contribution in [3.8, 4) is 0 Å². The van der Waals surface area contributed by atoms with Gasteiger partial charge in [0.2, 0.25) is 11.8 Å². The molecule has 2 aromatic rings. The Bertz CT molecular complexity index is 715. The van der Waals surface area contributed by atoms with Crippen LogP contribution in [0.1, 0.15) is 26.2 Å². The monoisotopic (exact) mass is 336 g/mol. The summed E-state index contributed by atoms with van der Waals surface area (Å²) < 4.78 is 0. The van der Waals surface area contributed by atoms with Crippen molar-refractivity contribution in [1.29, 1.82) is 0 Å². The van der Waals surface area contributed by atoms with Gasteiger partial charge in [-0.05, 0) is 36.6 Å².